The van der Waals surface area contributed by atoms with Gasteiger partial charge in [-0.25, -0.2) is 4.79 Å². The van der Waals surface area contributed by atoms with Gasteiger partial charge in [-0.1, -0.05) is 93.3 Å². The van der Waals surface area contributed by atoms with Gasteiger partial charge in [0, 0.05) is 64.9 Å². The quantitative estimate of drug-likeness (QED) is 0.0332. The summed E-state index contributed by atoms with van der Waals surface area (Å²) in [7, 11) is 0. The summed E-state index contributed by atoms with van der Waals surface area (Å²) in [6.45, 7) is 7.32. The average molecular weight is 1840 g/mol. The molecule has 3 saturated heterocycles. The highest BCUT2D eigenvalue weighted by Crippen LogP contribution is 2.51. The van der Waals surface area contributed by atoms with Gasteiger partial charge in [0.1, 0.15) is 113 Å². The Bertz CT molecular complexity index is 5260. The minimum Gasteiger partial charge on any atom is -0.508 e. The number of aliphatic carboxylic acids is 1. The Labute approximate surface area is 749 Å². The van der Waals surface area contributed by atoms with Crippen molar-refractivity contribution in [3.05, 3.63) is 176 Å². The number of fused-ring (bicyclic) bond motifs is 15. The molecule has 8 aliphatic rings. The molecule has 7 aromatic carbocycles. The predicted octanol–water partition coefficient (Wildman–Crippen LogP) is 7.46. The normalized spacial score (nSPS) is 29.3. The maximum absolute atomic E-state index is 16.6. The van der Waals surface area contributed by atoms with Crippen LogP contribution in [0, 0.1) is 17.8 Å². The average Bonchev–Trinajstić information content (AvgIpc) is 0.741. The number of phenols is 3. The summed E-state index contributed by atoms with van der Waals surface area (Å²) in [4.78, 5) is 121. The van der Waals surface area contributed by atoms with Crippen LogP contribution in [0.1, 0.15) is 157 Å². The molecule has 3 fully saturated rings. The summed E-state index contributed by atoms with van der Waals surface area (Å²) in [6.07, 6.45) is -29.3. The Balaban J connectivity index is 0.0000149. The SMILES string of the molecule is C.CC[C@H](CC(C)C)C(=O)N[C@H]1C(=O)C[C@@H](CC(N)=O)C(=O)N[C@H]2C(=O)C[C@H]3C(=O)N[C@H](C(=O)N[C@@H](C(=O)O)c4cc(O)cc(O)c4-c4cc3ccc4O)[C@H](OC3C[C@](C)(N)[C@@H](O)[C@H](C)O3)c3ccc(c(Cl)c3)Oc3cc2cc(c3O[C@@H]2O[C@H](CO)[C@@H](O[C@@H]3O[C@H](CCCc4ccc(Oc5ccc(Cl)cc5)cc4)[C@H](O)[C@H](O)[C@H]3O)[C@H](O)[C@H]2O)Oc2ccc(cc2Cl)[C@H]1O. The second-order valence-electron chi connectivity index (χ2n) is 33.3. The van der Waals surface area contributed by atoms with Crippen LogP contribution in [0.25, 0.3) is 11.1 Å². The number of aliphatic hydroxyl groups excluding tert-OH is 8. The topological polar surface area (TPSA) is 563 Å². The molecule has 7 aromatic rings. The van der Waals surface area contributed by atoms with E-state index in [4.69, 9.17) is 88.9 Å². The molecule has 0 aliphatic carbocycles. The van der Waals surface area contributed by atoms with Crippen LogP contribution in [0.15, 0.2) is 127 Å². The van der Waals surface area contributed by atoms with Crippen LogP contribution in [0.3, 0.4) is 0 Å². The number of nitrogens with one attached hydrogen (secondary N) is 4. The van der Waals surface area contributed by atoms with Gasteiger partial charge in [0.25, 0.3) is 0 Å². The summed E-state index contributed by atoms with van der Waals surface area (Å²) >= 11 is 20.6. The summed E-state index contributed by atoms with van der Waals surface area (Å²) in [5.74, 6) is -18.7. The third-order valence-electron chi connectivity index (χ3n) is 23.5. The summed E-state index contributed by atoms with van der Waals surface area (Å²) in [5, 5.41) is 150. The van der Waals surface area contributed by atoms with Crippen LogP contribution in [0.4, 0.5) is 0 Å². The fourth-order valence-corrected chi connectivity index (χ4v) is 17.3. The van der Waals surface area contributed by atoms with E-state index in [0.29, 0.717) is 35.8 Å². The van der Waals surface area contributed by atoms with Crippen molar-refractivity contribution in [1.82, 2.24) is 21.3 Å². The maximum Gasteiger partial charge on any atom is 0.330 e. The zero-order valence-corrected chi connectivity index (χ0v) is 71.3. The van der Waals surface area contributed by atoms with Gasteiger partial charge in [-0.15, -0.1) is 0 Å². The number of Topliss-reactive ketones (excluding diaryl/α,β-unsaturated/α-hetero) is 2. The van der Waals surface area contributed by atoms with Gasteiger partial charge in [0.15, 0.2) is 41.7 Å². The molecular weight excluding hydrogens is 1740 g/mol. The zero-order valence-electron chi connectivity index (χ0n) is 69.1. The molecule has 11 bridgehead atoms. The number of halogens is 3. The van der Waals surface area contributed by atoms with Crippen molar-refractivity contribution in [2.45, 2.75) is 228 Å². The van der Waals surface area contributed by atoms with Crippen molar-refractivity contribution in [2.24, 2.45) is 29.2 Å². The number of rotatable bonds is 21. The highest BCUT2D eigenvalue weighted by molar-refractivity contribution is 6.32. The first-order chi connectivity index (χ1) is 60.3. The van der Waals surface area contributed by atoms with E-state index in [1.165, 1.54) is 44.2 Å². The van der Waals surface area contributed by atoms with Crippen LogP contribution in [-0.4, -0.2) is 212 Å². The number of carboxylic acid groups (broad SMARTS) is 1. The number of hydrogen-bond donors (Lipinski definition) is 18. The number of ether oxygens (including phenoxy) is 9. The molecule has 8 aliphatic heterocycles. The van der Waals surface area contributed by atoms with Gasteiger partial charge in [0.2, 0.25) is 41.6 Å². The third kappa shape index (κ3) is 21.5. The van der Waals surface area contributed by atoms with Gasteiger partial charge < -0.3 is 137 Å². The van der Waals surface area contributed by atoms with E-state index in [2.05, 4.69) is 21.3 Å². The molecule has 128 heavy (non-hydrogen) atoms. The molecule has 38 heteroatoms. The van der Waals surface area contributed by atoms with E-state index in [1.54, 1.807) is 43.3 Å². The van der Waals surface area contributed by atoms with Crippen LogP contribution < -0.4 is 51.7 Å². The van der Waals surface area contributed by atoms with Crippen LogP contribution >= 0.6 is 34.8 Å². The number of carbonyl (C=O) groups is 8. The van der Waals surface area contributed by atoms with Crippen LogP contribution in [-0.2, 0) is 68.5 Å². The highest BCUT2D eigenvalue weighted by atomic mass is 35.5. The molecule has 8 heterocycles. The lowest BCUT2D eigenvalue weighted by Gasteiger charge is -2.46. The monoisotopic (exact) mass is 1840 g/mol. The number of benzene rings is 7. The van der Waals surface area contributed by atoms with Crippen molar-refractivity contribution < 1.29 is 142 Å². The lowest BCUT2D eigenvalue weighted by Crippen LogP contribution is -2.64. The number of ketones is 2. The van der Waals surface area contributed by atoms with Crippen molar-refractivity contribution in [2.75, 3.05) is 6.61 Å². The highest BCUT2D eigenvalue weighted by Gasteiger charge is 2.53. The Morgan fingerprint density at radius 2 is 1.28 bits per heavy atom. The van der Waals surface area contributed by atoms with Crippen LogP contribution in [0.2, 0.25) is 15.1 Å². The predicted molar refractivity (Wildman–Crippen MR) is 456 cm³/mol. The number of amides is 5. The van der Waals surface area contributed by atoms with E-state index in [0.717, 1.165) is 54.1 Å². The molecule has 0 aromatic heterocycles. The van der Waals surface area contributed by atoms with Gasteiger partial charge in [-0.2, -0.15) is 0 Å². The van der Waals surface area contributed by atoms with E-state index < -0.39 is 280 Å². The molecule has 20 N–H and O–H groups in total. The number of phenolic OH excluding ortho intramolecular Hbond substituents is 3. The molecule has 35 nitrogen and oxygen atoms in total. The van der Waals surface area contributed by atoms with Gasteiger partial charge in [-0.3, -0.25) is 33.6 Å². The second-order valence-corrected chi connectivity index (χ2v) is 34.5. The lowest BCUT2D eigenvalue weighted by molar-refractivity contribution is -0.351. The Morgan fingerprint density at radius 3 is 1.90 bits per heavy atom. The van der Waals surface area contributed by atoms with Crippen molar-refractivity contribution in [3.8, 4) is 68.6 Å². The molecule has 1 unspecified atom stereocenters. The van der Waals surface area contributed by atoms with Crippen molar-refractivity contribution in [1.29, 1.82) is 0 Å². The number of aliphatic hydroxyl groups is 8. The summed E-state index contributed by atoms with van der Waals surface area (Å²) < 4.78 is 57.5. The first-order valence-electron chi connectivity index (χ1n) is 41.2. The van der Waals surface area contributed by atoms with Gasteiger partial charge in [-0.05, 0) is 171 Å². The summed E-state index contributed by atoms with van der Waals surface area (Å²) in [6, 6.07) is 19.5. The number of carbonyl (C=O) groups excluding carboxylic acids is 7. The number of hydrogen-bond acceptors (Lipinski definition) is 29. The molecule has 0 spiro atoms. The smallest absolute Gasteiger partial charge is 0.330 e. The first-order valence-corrected chi connectivity index (χ1v) is 42.3. The Kier molecular flexibility index (Phi) is 30.8. The van der Waals surface area contributed by atoms with Gasteiger partial charge in [0.05, 0.1) is 46.8 Å². The third-order valence-corrected chi connectivity index (χ3v) is 24.3. The molecule has 0 radical (unpaired) electrons. The van der Waals surface area contributed by atoms with E-state index in [1.807, 2.05) is 26.0 Å². The molecule has 23 atom stereocenters. The molecule has 688 valence electrons. The number of carboxylic acids is 1. The minimum atomic E-state index is -2.34. The number of aromatic hydroxyl groups is 3. The zero-order chi connectivity index (χ0) is 91.6. The molecule has 15 rings (SSSR count). The number of aryl methyl sites for hydroxylation is 1. The summed E-state index contributed by atoms with van der Waals surface area (Å²) in [5.41, 5.74) is 9.39. The largest absolute Gasteiger partial charge is 0.508 e. The number of primary amides is 1. The van der Waals surface area contributed by atoms with E-state index in [-0.39, 0.29) is 60.1 Å². The van der Waals surface area contributed by atoms with E-state index >= 15 is 24.0 Å². The lowest BCUT2D eigenvalue weighted by atomic mass is 9.84. The molecule has 0 saturated carbocycles. The minimum absolute atomic E-state index is 0. The van der Waals surface area contributed by atoms with E-state index in [9.17, 15) is 75.7 Å². The standard InChI is InChI=1S/C89H99Cl3N6O29.CH4/c1-6-40(24-37(2)3)82(113)97-70-57(103)28-45(31-65(93)105)83(114)95-68-44-29-62(121-59-22-13-42(72(70)106)26-53(59)91)79(126-88-77(111)75(109)80(64(36-99)124-88)127-87-76(110)74(108)73(107)61(123-87)9-7-8-39-10-17-48(18-11-39)120-49-19-15-46(90)16-20-49)63(30-44)122-60-23-14-43(27-54(60)92)78(125-66-35-89(5,94)81(112)38(4)119-66)71-85(116)96-69(86(117)118)52-32-47(100)33-56(102)67(52)51-25-41(12-21-55(51)101)50(34-58(68)104)84(115)98-71;/h10-23,25-27,29-30,32-33,37-38,40,45,50,61,64,66,68-78,80-81,87-88,99-102,106-112H,6-9,24,28,31,34-36,94H2,1-5H3,(H2,93,105)(H,95,114)(H,96,116)(H,97,113)(H,98,115)(H,117,118);1H4/t38-,40+,45-,50+,61+,64+,66?,68+,69+,70-,71-,72+,73-,74-,75+,76+,77+,78+,80+,81-,87-,88-,89-;/m0./s1. The number of nitrogens with two attached hydrogens (primary N) is 2. The first kappa shape index (κ1) is 96.7. The second kappa shape index (κ2) is 40.7. The van der Waals surface area contributed by atoms with Crippen molar-refractivity contribution in [3.63, 3.8) is 0 Å². The molecular formula is C90H103Cl3N6O29. The Hall–Kier alpha value is -10.4. The van der Waals surface area contributed by atoms with Gasteiger partial charge >= 0.3 is 5.97 Å². The maximum atomic E-state index is 16.6. The fourth-order valence-electron chi connectivity index (χ4n) is 16.7. The fraction of sp³-hybridized carbons (Fsp3) is 0.444. The molecule has 5 amide bonds. The Morgan fingerprint density at radius 1 is 0.656 bits per heavy atom. The van der Waals surface area contributed by atoms with Crippen molar-refractivity contribution >= 4 is 81.9 Å². The van der Waals surface area contributed by atoms with Crippen LogP contribution in [0.5, 0.6) is 57.5 Å².